The molecule has 0 fully saturated rings. The Labute approximate surface area is 106 Å². The SMILES string of the molecule is Cc1ccc(C(=O)Nc2ccc(O)cc2C)cc1. The topological polar surface area (TPSA) is 49.3 Å². The summed E-state index contributed by atoms with van der Waals surface area (Å²) in [5, 5.41) is 12.1. The lowest BCUT2D eigenvalue weighted by atomic mass is 10.1. The first-order valence-corrected chi connectivity index (χ1v) is 5.74. The van der Waals surface area contributed by atoms with E-state index >= 15 is 0 Å². The second kappa shape index (κ2) is 4.92. The minimum absolute atomic E-state index is 0.149. The third-order valence-corrected chi connectivity index (χ3v) is 2.77. The first-order valence-electron chi connectivity index (χ1n) is 5.74. The van der Waals surface area contributed by atoms with Gasteiger partial charge in [0.15, 0.2) is 0 Å². The number of aromatic hydroxyl groups is 1. The molecule has 3 heteroatoms. The number of hydrogen-bond donors (Lipinski definition) is 2. The minimum Gasteiger partial charge on any atom is -0.508 e. The number of carbonyl (C=O) groups excluding carboxylic acids is 1. The van der Waals surface area contributed by atoms with Crippen molar-refractivity contribution < 1.29 is 9.90 Å². The van der Waals surface area contributed by atoms with Gasteiger partial charge >= 0.3 is 0 Å². The van der Waals surface area contributed by atoms with Gasteiger partial charge in [0.05, 0.1) is 0 Å². The van der Waals surface area contributed by atoms with Gasteiger partial charge < -0.3 is 10.4 Å². The molecular weight excluding hydrogens is 226 g/mol. The number of phenolic OH excluding ortho intramolecular Hbond substituents is 1. The van der Waals surface area contributed by atoms with Crippen molar-refractivity contribution in [1.82, 2.24) is 0 Å². The van der Waals surface area contributed by atoms with Gasteiger partial charge in [0.1, 0.15) is 5.75 Å². The molecule has 92 valence electrons. The molecule has 0 heterocycles. The van der Waals surface area contributed by atoms with E-state index in [9.17, 15) is 9.90 Å². The lowest BCUT2D eigenvalue weighted by molar-refractivity contribution is 0.102. The van der Waals surface area contributed by atoms with Crippen LogP contribution in [0.15, 0.2) is 42.5 Å². The van der Waals surface area contributed by atoms with Gasteiger partial charge in [-0.05, 0) is 49.7 Å². The molecule has 0 atom stereocenters. The third-order valence-electron chi connectivity index (χ3n) is 2.77. The Hall–Kier alpha value is -2.29. The van der Waals surface area contributed by atoms with E-state index in [1.54, 1.807) is 30.3 Å². The first-order chi connectivity index (χ1) is 8.56. The largest absolute Gasteiger partial charge is 0.508 e. The third kappa shape index (κ3) is 2.69. The molecule has 18 heavy (non-hydrogen) atoms. The monoisotopic (exact) mass is 241 g/mol. The van der Waals surface area contributed by atoms with Crippen LogP contribution < -0.4 is 5.32 Å². The van der Waals surface area contributed by atoms with Crippen molar-refractivity contribution >= 4 is 11.6 Å². The molecule has 0 aliphatic carbocycles. The van der Waals surface area contributed by atoms with Gasteiger partial charge in [-0.3, -0.25) is 4.79 Å². The number of aryl methyl sites for hydroxylation is 2. The maximum Gasteiger partial charge on any atom is 0.255 e. The zero-order valence-electron chi connectivity index (χ0n) is 10.4. The standard InChI is InChI=1S/C15H15NO2/c1-10-3-5-12(6-4-10)15(18)16-14-8-7-13(17)9-11(14)2/h3-9,17H,1-2H3,(H,16,18). The minimum atomic E-state index is -0.149. The van der Waals surface area contributed by atoms with E-state index in [4.69, 9.17) is 0 Å². The molecule has 2 N–H and O–H groups in total. The molecule has 0 saturated heterocycles. The second-order valence-corrected chi connectivity index (χ2v) is 4.32. The van der Waals surface area contributed by atoms with Crippen molar-refractivity contribution in [1.29, 1.82) is 0 Å². The Bertz CT molecular complexity index is 574. The maximum absolute atomic E-state index is 12.0. The van der Waals surface area contributed by atoms with Crippen molar-refractivity contribution in [2.75, 3.05) is 5.32 Å². The summed E-state index contributed by atoms with van der Waals surface area (Å²) in [6.45, 7) is 3.82. The fourth-order valence-corrected chi connectivity index (χ4v) is 1.69. The van der Waals surface area contributed by atoms with E-state index in [0.717, 1.165) is 11.1 Å². The molecule has 0 spiro atoms. The average Bonchev–Trinajstić information content (AvgIpc) is 2.33. The number of rotatable bonds is 2. The molecule has 0 radical (unpaired) electrons. The molecule has 2 aromatic rings. The van der Waals surface area contributed by atoms with Crippen molar-refractivity contribution in [2.24, 2.45) is 0 Å². The quantitative estimate of drug-likeness (QED) is 0.793. The van der Waals surface area contributed by atoms with Crippen molar-refractivity contribution in [3.05, 3.63) is 59.2 Å². The fraction of sp³-hybridized carbons (Fsp3) is 0.133. The zero-order chi connectivity index (χ0) is 13.1. The van der Waals surface area contributed by atoms with Crippen molar-refractivity contribution in [2.45, 2.75) is 13.8 Å². The molecule has 2 rings (SSSR count). The molecule has 0 bridgehead atoms. The van der Waals surface area contributed by atoms with Crippen LogP contribution in [0.1, 0.15) is 21.5 Å². The number of anilines is 1. The Morgan fingerprint density at radius 1 is 1.06 bits per heavy atom. The Kier molecular flexibility index (Phi) is 3.33. The van der Waals surface area contributed by atoms with Gasteiger partial charge in [0.25, 0.3) is 5.91 Å². The predicted octanol–water partition coefficient (Wildman–Crippen LogP) is 3.26. The molecule has 1 amide bonds. The average molecular weight is 241 g/mol. The second-order valence-electron chi connectivity index (χ2n) is 4.32. The van der Waals surface area contributed by atoms with Crippen LogP contribution in [0, 0.1) is 13.8 Å². The number of hydrogen-bond acceptors (Lipinski definition) is 2. The number of nitrogens with one attached hydrogen (secondary N) is 1. The van der Waals surface area contributed by atoms with Gasteiger partial charge in [-0.1, -0.05) is 17.7 Å². The summed E-state index contributed by atoms with van der Waals surface area (Å²) in [5.74, 6) is 0.0459. The highest BCUT2D eigenvalue weighted by molar-refractivity contribution is 6.04. The Morgan fingerprint density at radius 2 is 1.72 bits per heavy atom. The first kappa shape index (κ1) is 12.2. The van der Waals surface area contributed by atoms with Crippen molar-refractivity contribution in [3.8, 4) is 5.75 Å². The molecule has 0 saturated carbocycles. The molecule has 0 aliphatic rings. The number of phenols is 1. The lowest BCUT2D eigenvalue weighted by Crippen LogP contribution is -2.12. The molecule has 0 unspecified atom stereocenters. The maximum atomic E-state index is 12.0. The highest BCUT2D eigenvalue weighted by atomic mass is 16.3. The van der Waals surface area contributed by atoms with Gasteiger partial charge in [0.2, 0.25) is 0 Å². The van der Waals surface area contributed by atoms with E-state index in [0.29, 0.717) is 11.3 Å². The van der Waals surface area contributed by atoms with Crippen LogP contribution in [0.2, 0.25) is 0 Å². The summed E-state index contributed by atoms with van der Waals surface area (Å²) < 4.78 is 0. The summed E-state index contributed by atoms with van der Waals surface area (Å²) in [7, 11) is 0. The van der Waals surface area contributed by atoms with E-state index in [2.05, 4.69) is 5.32 Å². The number of benzene rings is 2. The summed E-state index contributed by atoms with van der Waals surface area (Å²) in [4.78, 5) is 12.0. The molecule has 0 aromatic heterocycles. The lowest BCUT2D eigenvalue weighted by Gasteiger charge is -2.08. The smallest absolute Gasteiger partial charge is 0.255 e. The highest BCUT2D eigenvalue weighted by Gasteiger charge is 2.07. The predicted molar refractivity (Wildman–Crippen MR) is 72.0 cm³/mol. The van der Waals surface area contributed by atoms with Crippen LogP contribution in [0.5, 0.6) is 5.75 Å². The van der Waals surface area contributed by atoms with Crippen LogP contribution >= 0.6 is 0 Å². The van der Waals surface area contributed by atoms with E-state index < -0.39 is 0 Å². The highest BCUT2D eigenvalue weighted by Crippen LogP contribution is 2.20. The summed E-state index contributed by atoms with van der Waals surface area (Å²) in [6, 6.07) is 12.2. The van der Waals surface area contributed by atoms with Gasteiger partial charge in [-0.2, -0.15) is 0 Å². The van der Waals surface area contributed by atoms with Crippen LogP contribution in [0.25, 0.3) is 0 Å². The Morgan fingerprint density at radius 3 is 2.33 bits per heavy atom. The number of carbonyl (C=O) groups is 1. The zero-order valence-corrected chi connectivity index (χ0v) is 10.4. The van der Waals surface area contributed by atoms with Crippen LogP contribution in [0.3, 0.4) is 0 Å². The molecule has 0 aliphatic heterocycles. The fourth-order valence-electron chi connectivity index (χ4n) is 1.69. The molecule has 2 aromatic carbocycles. The van der Waals surface area contributed by atoms with E-state index in [-0.39, 0.29) is 11.7 Å². The summed E-state index contributed by atoms with van der Waals surface area (Å²) in [6.07, 6.45) is 0. The number of amides is 1. The van der Waals surface area contributed by atoms with E-state index in [1.165, 1.54) is 0 Å². The van der Waals surface area contributed by atoms with Gasteiger partial charge in [0, 0.05) is 11.3 Å². The normalized spacial score (nSPS) is 10.1. The van der Waals surface area contributed by atoms with Crippen LogP contribution in [-0.4, -0.2) is 11.0 Å². The van der Waals surface area contributed by atoms with Gasteiger partial charge in [-0.15, -0.1) is 0 Å². The van der Waals surface area contributed by atoms with Crippen molar-refractivity contribution in [3.63, 3.8) is 0 Å². The molecule has 3 nitrogen and oxygen atoms in total. The van der Waals surface area contributed by atoms with Gasteiger partial charge in [-0.25, -0.2) is 0 Å². The summed E-state index contributed by atoms with van der Waals surface area (Å²) in [5.41, 5.74) is 3.27. The Balaban J connectivity index is 2.18. The van der Waals surface area contributed by atoms with Crippen LogP contribution in [0.4, 0.5) is 5.69 Å². The van der Waals surface area contributed by atoms with E-state index in [1.807, 2.05) is 26.0 Å². The van der Waals surface area contributed by atoms with Crippen LogP contribution in [-0.2, 0) is 0 Å². The summed E-state index contributed by atoms with van der Waals surface area (Å²) >= 11 is 0. The molecular formula is C15H15NO2.